The van der Waals surface area contributed by atoms with Crippen molar-refractivity contribution in [3.63, 3.8) is 0 Å². The maximum absolute atomic E-state index is 13.8. The first-order chi connectivity index (χ1) is 47.4. The number of thiazole rings is 2. The molecule has 99 heavy (non-hydrogen) atoms. The third-order valence-corrected chi connectivity index (χ3v) is 19.4. The van der Waals surface area contributed by atoms with E-state index in [4.69, 9.17) is 54.1 Å². The number of ether oxygens (including phenoxy) is 4. The Labute approximate surface area is 583 Å². The number of nitrogens with zero attached hydrogens (tertiary/aromatic N) is 13. The highest BCUT2D eigenvalue weighted by Crippen LogP contribution is 2.45. The van der Waals surface area contributed by atoms with Crippen LogP contribution in [0.4, 0.5) is 79.3 Å². The molecule has 2 saturated heterocycles. The van der Waals surface area contributed by atoms with Gasteiger partial charge in [0.25, 0.3) is 32.1 Å². The van der Waals surface area contributed by atoms with Gasteiger partial charge in [-0.2, -0.15) is 41.8 Å². The zero-order chi connectivity index (χ0) is 71.1. The number of amides is 2. The maximum atomic E-state index is 13.8. The summed E-state index contributed by atoms with van der Waals surface area (Å²) in [5, 5.41) is 31.5. The summed E-state index contributed by atoms with van der Waals surface area (Å²) in [5.41, 5.74) is 2.65. The molecule has 2 aliphatic heterocycles. The third kappa shape index (κ3) is 18.9. The molecule has 0 radical (unpaired) electrons. The number of nitrogens with one attached hydrogen (secondary N) is 4. The normalized spacial score (nSPS) is 14.0. The lowest BCUT2D eigenvalue weighted by atomic mass is 10.1. The summed E-state index contributed by atoms with van der Waals surface area (Å²) in [6, 6.07) is 16.7. The molecule has 9 rings (SSSR count). The second kappa shape index (κ2) is 33.4. The van der Waals surface area contributed by atoms with E-state index in [1.54, 1.807) is 26.4 Å². The monoisotopic (exact) mass is 1450 g/mol. The maximum Gasteiger partial charge on any atom is 0.294 e. The lowest BCUT2D eigenvalue weighted by Gasteiger charge is -2.27. The number of benzene rings is 4. The molecular formula is C63H73N17O14S5. The fourth-order valence-corrected chi connectivity index (χ4v) is 13.4. The summed E-state index contributed by atoms with van der Waals surface area (Å²) in [5.74, 6) is -0.118. The Kier molecular flexibility index (Phi) is 24.9. The number of carbonyl (C=O) groups excluding carboxylic acids is 4. The highest BCUT2D eigenvalue weighted by atomic mass is 32.2. The zero-order valence-electron chi connectivity index (χ0n) is 55.4. The van der Waals surface area contributed by atoms with E-state index in [1.165, 1.54) is 62.0 Å². The Balaban J connectivity index is 1.09. The minimum atomic E-state index is -4.50. The number of Topliss-reactive ketones (excluding diaryl/α,β-unsaturated/α-hetero) is 2. The summed E-state index contributed by atoms with van der Waals surface area (Å²) in [7, 11) is -5.90. The van der Waals surface area contributed by atoms with Crippen molar-refractivity contribution >= 4 is 169 Å². The molecule has 0 atom stereocenters. The summed E-state index contributed by atoms with van der Waals surface area (Å²) in [6.07, 6.45) is 2.84. The number of carbonyl (C=O) groups is 4. The van der Waals surface area contributed by atoms with Crippen LogP contribution in [0.25, 0.3) is 12.2 Å². The van der Waals surface area contributed by atoms with Gasteiger partial charge in [-0.25, -0.2) is 0 Å². The highest BCUT2D eigenvalue weighted by molar-refractivity contribution is 7.99. The molecule has 36 heteroatoms. The quantitative estimate of drug-likeness (QED) is 0.00608. The molecule has 0 unspecified atom stereocenters. The predicted molar refractivity (Wildman–Crippen MR) is 382 cm³/mol. The summed E-state index contributed by atoms with van der Waals surface area (Å²) in [4.78, 5) is 86.5. The molecule has 0 saturated carbocycles. The SMILES string of the molecule is CCSc1nc(Nc2cc(N(CC)CC)c(OC)cc2N=Nc2nc(N3CCOCC3)c(/C=C(/C(C)=O)C(=O)Nc3ccc(S(=O)(=O)O)cc3)s2)nc(Nc2cc(N(CC)CC)c(OC)cc2N=Nc2nc(N3CCOCC3)c(/C=C(\C(C)=O)C(=O)Nc3ccc(S(=O)(=O)O)cc3)s2)n1. The van der Waals surface area contributed by atoms with E-state index in [-0.39, 0.29) is 65.8 Å². The van der Waals surface area contributed by atoms with Crippen LogP contribution in [0.3, 0.4) is 0 Å². The van der Waals surface area contributed by atoms with Crippen molar-refractivity contribution in [2.24, 2.45) is 20.5 Å². The van der Waals surface area contributed by atoms with E-state index in [0.717, 1.165) is 46.9 Å². The standard InChI is InChI=1S/C63H73N17O14S5/c1-10-77(11-2)49-33-45(47(35-51(49)91-8)73-75-62-68-55(79-23-27-93-28-24-79)53(96-62)31-43(37(6)81)57(83)64-39-15-19-41(20-16-39)98(85,86)87)66-59-70-60(72-61(71-59)95-14-5)67-46-34-50(78(12-3)13-4)52(92-9)36-48(46)74-76-63-69-56(80-25-29-94-30-26-80)54(97-63)32-44(38(7)82)58(84)65-40-17-21-42(22-18-40)99(88,89)90/h15-22,31-36H,10-14,23-30H2,1-9H3,(H,64,83)(H,65,84)(H,85,86,87)(H,88,89,90)(H2,66,67,70,71,72)/b43-31-,44-32+,75-73?,76-74?. The van der Waals surface area contributed by atoms with Gasteiger partial charge in [-0.3, -0.25) is 28.3 Å². The van der Waals surface area contributed by atoms with Gasteiger partial charge in [0, 0.05) is 75.9 Å². The van der Waals surface area contributed by atoms with E-state index < -0.39 is 43.6 Å². The van der Waals surface area contributed by atoms with Crippen LogP contribution < -0.4 is 50.3 Å². The third-order valence-electron chi connectivity index (χ3n) is 15.2. The second-order valence-corrected chi connectivity index (χ2v) is 27.6. The van der Waals surface area contributed by atoms with E-state index >= 15 is 0 Å². The van der Waals surface area contributed by atoms with Crippen LogP contribution in [0, 0.1) is 0 Å². The Morgan fingerprint density at radius 3 is 1.27 bits per heavy atom. The van der Waals surface area contributed by atoms with E-state index in [9.17, 15) is 45.1 Å². The summed E-state index contributed by atoms with van der Waals surface area (Å²) >= 11 is 3.51. The molecule has 5 heterocycles. The molecule has 0 spiro atoms. The fourth-order valence-electron chi connectivity index (χ4n) is 10.2. The molecule has 0 bridgehead atoms. The average molecular weight is 1450 g/mol. The van der Waals surface area contributed by atoms with E-state index in [1.807, 2.05) is 56.6 Å². The Hall–Kier alpha value is -9.40. The second-order valence-electron chi connectivity index (χ2n) is 21.5. The van der Waals surface area contributed by atoms with Crippen molar-refractivity contribution in [3.05, 3.63) is 93.7 Å². The molecule has 3 aromatic heterocycles. The molecule has 6 N–H and O–H groups in total. The van der Waals surface area contributed by atoms with Gasteiger partial charge in [0.1, 0.15) is 34.5 Å². The van der Waals surface area contributed by atoms with Gasteiger partial charge in [0.05, 0.1) is 94.1 Å². The van der Waals surface area contributed by atoms with Crippen molar-refractivity contribution < 1.29 is 64.1 Å². The van der Waals surface area contributed by atoms with Crippen LogP contribution in [-0.2, 0) is 48.9 Å². The molecule has 4 aromatic carbocycles. The molecule has 2 fully saturated rings. The first-order valence-corrected chi connectivity index (χ1v) is 36.5. The fraction of sp³-hybridized carbons (Fsp3) is 0.349. The molecule has 2 aliphatic rings. The van der Waals surface area contributed by atoms with Crippen LogP contribution in [0.2, 0.25) is 0 Å². The number of anilines is 10. The van der Waals surface area contributed by atoms with Crippen LogP contribution in [0.1, 0.15) is 58.2 Å². The number of morpholine rings is 2. The number of rotatable bonds is 30. The lowest BCUT2D eigenvalue weighted by molar-refractivity contribution is -0.120. The minimum Gasteiger partial charge on any atom is -0.494 e. The molecule has 524 valence electrons. The van der Waals surface area contributed by atoms with Crippen LogP contribution in [0.15, 0.2) is 119 Å². The average Bonchev–Trinajstić information content (AvgIpc) is 1.76. The van der Waals surface area contributed by atoms with Crippen molar-refractivity contribution in [2.45, 2.75) is 63.4 Å². The Morgan fingerprint density at radius 2 is 0.949 bits per heavy atom. The van der Waals surface area contributed by atoms with Gasteiger partial charge >= 0.3 is 0 Å². The zero-order valence-corrected chi connectivity index (χ0v) is 59.5. The molecule has 0 aliphatic carbocycles. The summed E-state index contributed by atoms with van der Waals surface area (Å²) in [6.45, 7) is 18.2. The Morgan fingerprint density at radius 1 is 0.576 bits per heavy atom. The number of ketones is 2. The first kappa shape index (κ1) is 73.8. The van der Waals surface area contributed by atoms with Gasteiger partial charge in [-0.05, 0) is 120 Å². The molecule has 7 aromatic rings. The summed E-state index contributed by atoms with van der Waals surface area (Å²) < 4.78 is 88.9. The number of hydrogen-bond donors (Lipinski definition) is 6. The van der Waals surface area contributed by atoms with Gasteiger partial charge in [0.15, 0.2) is 16.7 Å². The first-order valence-electron chi connectivity index (χ1n) is 31.0. The number of aromatic nitrogens is 5. The number of hydrogen-bond acceptors (Lipinski definition) is 30. The van der Waals surface area contributed by atoms with Crippen molar-refractivity contribution in [1.82, 2.24) is 24.9 Å². The predicted octanol–water partition coefficient (Wildman–Crippen LogP) is 11.3. The lowest BCUT2D eigenvalue weighted by Crippen LogP contribution is -2.36. The molecule has 2 amide bonds. The van der Waals surface area contributed by atoms with Gasteiger partial charge in [0.2, 0.25) is 22.2 Å². The molecule has 31 nitrogen and oxygen atoms in total. The van der Waals surface area contributed by atoms with E-state index in [2.05, 4.69) is 41.3 Å². The van der Waals surface area contributed by atoms with Gasteiger partial charge < -0.3 is 59.8 Å². The minimum absolute atomic E-state index is 0.101. The molecular weight excluding hydrogens is 1380 g/mol. The number of methoxy groups -OCH3 is 2. The van der Waals surface area contributed by atoms with Crippen molar-refractivity contribution in [1.29, 1.82) is 0 Å². The van der Waals surface area contributed by atoms with Crippen LogP contribution in [0.5, 0.6) is 11.5 Å². The van der Waals surface area contributed by atoms with Gasteiger partial charge in [-0.15, -0.1) is 20.5 Å². The topological polar surface area (TPSA) is 389 Å². The van der Waals surface area contributed by atoms with Crippen LogP contribution >= 0.6 is 34.4 Å². The highest BCUT2D eigenvalue weighted by Gasteiger charge is 2.27. The smallest absolute Gasteiger partial charge is 0.294 e. The van der Waals surface area contributed by atoms with Crippen molar-refractivity contribution in [2.75, 3.05) is 140 Å². The largest absolute Gasteiger partial charge is 0.494 e. The number of thioether (sulfide) groups is 1. The Bertz CT molecular complexity index is 4200. The van der Waals surface area contributed by atoms with Crippen molar-refractivity contribution in [3.8, 4) is 11.5 Å². The van der Waals surface area contributed by atoms with E-state index in [0.29, 0.717) is 145 Å². The number of azo groups is 2. The van der Waals surface area contributed by atoms with Gasteiger partial charge in [-0.1, -0.05) is 41.4 Å². The van der Waals surface area contributed by atoms with Crippen LogP contribution in [-0.4, -0.2) is 173 Å².